The molecular weight excluding hydrogens is 228 g/mol. The molecule has 0 fully saturated rings. The summed E-state index contributed by atoms with van der Waals surface area (Å²) in [5, 5.41) is 0. The summed E-state index contributed by atoms with van der Waals surface area (Å²) in [5.74, 6) is 8.33. The van der Waals surface area contributed by atoms with Gasteiger partial charge in [0.05, 0.1) is 0 Å². The zero-order valence-corrected chi connectivity index (χ0v) is 10.9. The highest BCUT2D eigenvalue weighted by Gasteiger charge is 2.13. The van der Waals surface area contributed by atoms with E-state index in [1.165, 1.54) is 0 Å². The number of hydrazine groups is 1. The van der Waals surface area contributed by atoms with Gasteiger partial charge in [-0.15, -0.1) is 0 Å². The molecule has 96 valence electrons. The summed E-state index contributed by atoms with van der Waals surface area (Å²) in [5.41, 5.74) is 4.58. The quantitative estimate of drug-likeness (QED) is 0.640. The first-order chi connectivity index (χ1) is 8.69. The van der Waals surface area contributed by atoms with E-state index in [2.05, 4.69) is 15.4 Å². The van der Waals surface area contributed by atoms with E-state index >= 15 is 0 Å². The molecular formula is C13H18N4O. The van der Waals surface area contributed by atoms with Crippen molar-refractivity contribution in [3.05, 3.63) is 29.2 Å². The van der Waals surface area contributed by atoms with Gasteiger partial charge in [-0.25, -0.2) is 15.8 Å². The van der Waals surface area contributed by atoms with Gasteiger partial charge in [0.25, 0.3) is 0 Å². The minimum absolute atomic E-state index is 0.567. The van der Waals surface area contributed by atoms with E-state index in [1.54, 1.807) is 0 Å². The standard InChI is InChI=1S/C13H18N4O/c1-4-9-6-7-11(18-9)13-15-8(3)10(5-2)12(16-13)17-14/h6-7H,4-5,14H2,1-3H3,(H,15,16,17). The maximum atomic E-state index is 5.65. The number of nitrogens with zero attached hydrogens (tertiary/aromatic N) is 2. The topological polar surface area (TPSA) is 77.0 Å². The second-order valence-corrected chi connectivity index (χ2v) is 4.08. The molecule has 0 radical (unpaired) electrons. The zero-order chi connectivity index (χ0) is 13.1. The third-order valence-corrected chi connectivity index (χ3v) is 2.93. The molecule has 0 saturated heterocycles. The van der Waals surface area contributed by atoms with Crippen molar-refractivity contribution in [2.75, 3.05) is 5.43 Å². The van der Waals surface area contributed by atoms with Crippen molar-refractivity contribution >= 4 is 5.82 Å². The molecule has 2 heterocycles. The van der Waals surface area contributed by atoms with Gasteiger partial charge in [-0.1, -0.05) is 13.8 Å². The molecule has 0 spiro atoms. The smallest absolute Gasteiger partial charge is 0.197 e. The maximum absolute atomic E-state index is 5.65. The summed E-state index contributed by atoms with van der Waals surface area (Å²) < 4.78 is 5.65. The van der Waals surface area contributed by atoms with Gasteiger partial charge < -0.3 is 9.84 Å². The molecule has 5 heteroatoms. The fraction of sp³-hybridized carbons (Fsp3) is 0.385. The molecule has 0 aliphatic carbocycles. The predicted molar refractivity (Wildman–Crippen MR) is 71.0 cm³/mol. The van der Waals surface area contributed by atoms with Crippen LogP contribution < -0.4 is 11.3 Å². The molecule has 0 unspecified atom stereocenters. The fourth-order valence-electron chi connectivity index (χ4n) is 1.94. The Morgan fingerprint density at radius 1 is 1.22 bits per heavy atom. The van der Waals surface area contributed by atoms with Crippen LogP contribution >= 0.6 is 0 Å². The van der Waals surface area contributed by atoms with E-state index in [-0.39, 0.29) is 0 Å². The van der Waals surface area contributed by atoms with Crippen LogP contribution in [0.1, 0.15) is 30.9 Å². The van der Waals surface area contributed by atoms with E-state index in [0.717, 1.165) is 29.9 Å². The molecule has 0 atom stereocenters. The average molecular weight is 246 g/mol. The second kappa shape index (κ2) is 5.18. The molecule has 2 rings (SSSR count). The first kappa shape index (κ1) is 12.6. The van der Waals surface area contributed by atoms with E-state index < -0.39 is 0 Å². The van der Waals surface area contributed by atoms with E-state index in [1.807, 2.05) is 32.9 Å². The summed E-state index contributed by atoms with van der Waals surface area (Å²) in [4.78, 5) is 8.87. The highest BCUT2D eigenvalue weighted by molar-refractivity contribution is 5.55. The van der Waals surface area contributed by atoms with Crippen LogP contribution in [0.15, 0.2) is 16.5 Å². The minimum Gasteiger partial charge on any atom is -0.458 e. The van der Waals surface area contributed by atoms with Gasteiger partial charge >= 0.3 is 0 Å². The first-order valence-corrected chi connectivity index (χ1v) is 6.12. The van der Waals surface area contributed by atoms with Gasteiger partial charge in [0, 0.05) is 17.7 Å². The Kier molecular flexibility index (Phi) is 3.62. The maximum Gasteiger partial charge on any atom is 0.197 e. The van der Waals surface area contributed by atoms with Crippen molar-refractivity contribution < 1.29 is 4.42 Å². The van der Waals surface area contributed by atoms with E-state index in [4.69, 9.17) is 10.3 Å². The van der Waals surface area contributed by atoms with Crippen molar-refractivity contribution in [2.24, 2.45) is 5.84 Å². The zero-order valence-electron chi connectivity index (χ0n) is 10.9. The predicted octanol–water partition coefficient (Wildman–Crippen LogP) is 2.46. The molecule has 0 bridgehead atoms. The van der Waals surface area contributed by atoms with Crippen molar-refractivity contribution in [1.82, 2.24) is 9.97 Å². The van der Waals surface area contributed by atoms with Gasteiger partial charge in [0.1, 0.15) is 11.6 Å². The van der Waals surface area contributed by atoms with Gasteiger partial charge in [-0.3, -0.25) is 0 Å². The lowest BCUT2D eigenvalue weighted by Crippen LogP contribution is -2.13. The second-order valence-electron chi connectivity index (χ2n) is 4.08. The monoisotopic (exact) mass is 246 g/mol. The van der Waals surface area contributed by atoms with Crippen LogP contribution in [0.25, 0.3) is 11.6 Å². The number of nitrogen functional groups attached to an aromatic ring is 1. The van der Waals surface area contributed by atoms with E-state index in [0.29, 0.717) is 17.4 Å². The molecule has 0 amide bonds. The van der Waals surface area contributed by atoms with Crippen LogP contribution in [0.5, 0.6) is 0 Å². The molecule has 0 aliphatic rings. The highest BCUT2D eigenvalue weighted by atomic mass is 16.3. The lowest BCUT2D eigenvalue weighted by atomic mass is 10.1. The number of nitrogens with one attached hydrogen (secondary N) is 1. The molecule has 0 aromatic carbocycles. The third-order valence-electron chi connectivity index (χ3n) is 2.93. The van der Waals surface area contributed by atoms with E-state index in [9.17, 15) is 0 Å². The number of anilines is 1. The summed E-state index contributed by atoms with van der Waals surface area (Å²) in [6.45, 7) is 6.05. The van der Waals surface area contributed by atoms with Crippen molar-refractivity contribution in [3.8, 4) is 11.6 Å². The normalized spacial score (nSPS) is 10.7. The number of nitrogens with two attached hydrogens (primary N) is 1. The molecule has 2 aromatic heterocycles. The molecule has 2 aromatic rings. The Bertz CT molecular complexity index is 548. The molecule has 18 heavy (non-hydrogen) atoms. The number of hydrogen-bond donors (Lipinski definition) is 2. The van der Waals surface area contributed by atoms with Crippen LogP contribution in [0.3, 0.4) is 0 Å². The third kappa shape index (κ3) is 2.22. The number of aryl methyl sites for hydroxylation is 2. The molecule has 3 N–H and O–H groups in total. The lowest BCUT2D eigenvalue weighted by molar-refractivity contribution is 0.525. The van der Waals surface area contributed by atoms with Crippen LogP contribution in [-0.4, -0.2) is 9.97 Å². The van der Waals surface area contributed by atoms with Gasteiger partial charge in [0.15, 0.2) is 11.6 Å². The van der Waals surface area contributed by atoms with Crippen molar-refractivity contribution in [3.63, 3.8) is 0 Å². The minimum atomic E-state index is 0.567. The first-order valence-electron chi connectivity index (χ1n) is 6.12. The summed E-state index contributed by atoms with van der Waals surface area (Å²) in [7, 11) is 0. The number of hydrogen-bond acceptors (Lipinski definition) is 5. The SMILES string of the molecule is CCc1ccc(-c2nc(C)c(CC)c(NN)n2)o1. The Hall–Kier alpha value is -1.88. The Morgan fingerprint density at radius 3 is 2.56 bits per heavy atom. The van der Waals surface area contributed by atoms with Gasteiger partial charge in [-0.2, -0.15) is 0 Å². The largest absolute Gasteiger partial charge is 0.458 e. The molecule has 5 nitrogen and oxygen atoms in total. The van der Waals surface area contributed by atoms with Gasteiger partial charge in [-0.05, 0) is 25.5 Å². The molecule has 0 aliphatic heterocycles. The van der Waals surface area contributed by atoms with Crippen LogP contribution in [0.2, 0.25) is 0 Å². The fourth-order valence-corrected chi connectivity index (χ4v) is 1.94. The Morgan fingerprint density at radius 2 is 2.00 bits per heavy atom. The van der Waals surface area contributed by atoms with Crippen molar-refractivity contribution in [1.29, 1.82) is 0 Å². The Balaban J connectivity index is 2.48. The highest BCUT2D eigenvalue weighted by Crippen LogP contribution is 2.24. The van der Waals surface area contributed by atoms with Crippen LogP contribution in [-0.2, 0) is 12.8 Å². The summed E-state index contributed by atoms with van der Waals surface area (Å²) >= 11 is 0. The van der Waals surface area contributed by atoms with Crippen LogP contribution in [0.4, 0.5) is 5.82 Å². The number of rotatable bonds is 4. The molecule has 0 saturated carbocycles. The average Bonchev–Trinajstić information content (AvgIpc) is 2.86. The van der Waals surface area contributed by atoms with Crippen LogP contribution in [0, 0.1) is 6.92 Å². The van der Waals surface area contributed by atoms with Gasteiger partial charge in [0.2, 0.25) is 0 Å². The number of aromatic nitrogens is 2. The lowest BCUT2D eigenvalue weighted by Gasteiger charge is -2.10. The Labute approximate surface area is 106 Å². The number of furan rings is 1. The summed E-state index contributed by atoms with van der Waals surface area (Å²) in [6.07, 6.45) is 1.69. The van der Waals surface area contributed by atoms with Crippen molar-refractivity contribution in [2.45, 2.75) is 33.6 Å². The summed E-state index contributed by atoms with van der Waals surface area (Å²) in [6, 6.07) is 3.83.